The molecule has 1 aromatic heterocycles. The van der Waals surface area contributed by atoms with E-state index in [0.717, 1.165) is 25.0 Å². The number of methoxy groups -OCH3 is 1. The van der Waals surface area contributed by atoms with E-state index in [9.17, 15) is 4.79 Å². The fourth-order valence-electron chi connectivity index (χ4n) is 3.06. The van der Waals surface area contributed by atoms with E-state index in [1.807, 2.05) is 18.2 Å². The summed E-state index contributed by atoms with van der Waals surface area (Å²) in [6.07, 6.45) is 2.23. The van der Waals surface area contributed by atoms with Crippen molar-refractivity contribution in [2.75, 3.05) is 20.3 Å². The van der Waals surface area contributed by atoms with E-state index >= 15 is 0 Å². The van der Waals surface area contributed by atoms with E-state index in [0.29, 0.717) is 29.5 Å². The molecule has 4 rings (SSSR count). The van der Waals surface area contributed by atoms with Gasteiger partial charge in [-0.05, 0) is 49.2 Å². The van der Waals surface area contributed by atoms with Crippen LogP contribution in [0.1, 0.15) is 29.1 Å². The van der Waals surface area contributed by atoms with Crippen LogP contribution in [0.25, 0.3) is 11.4 Å². The summed E-state index contributed by atoms with van der Waals surface area (Å²) in [5.41, 5.74) is 1.15. The Kier molecular flexibility index (Phi) is 6.24. The second-order valence-corrected chi connectivity index (χ2v) is 6.79. The maximum absolute atomic E-state index is 12.3. The van der Waals surface area contributed by atoms with Crippen molar-refractivity contribution in [3.05, 3.63) is 60.0 Å². The molecule has 1 atom stereocenters. The van der Waals surface area contributed by atoms with E-state index < -0.39 is 5.97 Å². The summed E-state index contributed by atoms with van der Waals surface area (Å²) in [6.45, 7) is 1.18. The molecule has 0 radical (unpaired) electrons. The molecule has 1 saturated heterocycles. The van der Waals surface area contributed by atoms with Crippen LogP contribution in [0.2, 0.25) is 0 Å². The molecule has 1 fully saturated rings. The van der Waals surface area contributed by atoms with Crippen LogP contribution in [-0.2, 0) is 16.1 Å². The molecule has 2 aromatic carbocycles. The molecule has 0 spiro atoms. The Bertz CT molecular complexity index is 979. The van der Waals surface area contributed by atoms with Gasteiger partial charge in [-0.1, -0.05) is 17.3 Å². The van der Waals surface area contributed by atoms with Crippen LogP contribution >= 0.6 is 0 Å². The third-order valence-corrected chi connectivity index (χ3v) is 4.67. The quantitative estimate of drug-likeness (QED) is 0.520. The molecule has 0 bridgehead atoms. The minimum Gasteiger partial charge on any atom is -0.497 e. The molecule has 30 heavy (non-hydrogen) atoms. The Morgan fingerprint density at radius 3 is 2.80 bits per heavy atom. The predicted molar refractivity (Wildman–Crippen MR) is 106 cm³/mol. The summed E-state index contributed by atoms with van der Waals surface area (Å²) in [6, 6.07) is 14.1. The van der Waals surface area contributed by atoms with E-state index in [-0.39, 0.29) is 18.6 Å². The van der Waals surface area contributed by atoms with E-state index in [1.165, 1.54) is 0 Å². The van der Waals surface area contributed by atoms with Gasteiger partial charge < -0.3 is 23.5 Å². The Morgan fingerprint density at radius 1 is 1.17 bits per heavy atom. The first kappa shape index (κ1) is 19.9. The van der Waals surface area contributed by atoms with Crippen molar-refractivity contribution in [3.63, 3.8) is 0 Å². The van der Waals surface area contributed by atoms with Crippen molar-refractivity contribution >= 4 is 5.97 Å². The third kappa shape index (κ3) is 4.96. The van der Waals surface area contributed by atoms with Crippen molar-refractivity contribution in [2.24, 2.45) is 0 Å². The fourth-order valence-corrected chi connectivity index (χ4v) is 3.06. The molecule has 0 aliphatic carbocycles. The van der Waals surface area contributed by atoms with Gasteiger partial charge in [-0.15, -0.1) is 0 Å². The van der Waals surface area contributed by atoms with Crippen LogP contribution in [0.5, 0.6) is 11.5 Å². The highest BCUT2D eigenvalue weighted by Gasteiger charge is 2.16. The molecule has 0 amide bonds. The van der Waals surface area contributed by atoms with Crippen molar-refractivity contribution in [3.8, 4) is 22.9 Å². The maximum Gasteiger partial charge on any atom is 0.338 e. The van der Waals surface area contributed by atoms with Crippen LogP contribution < -0.4 is 9.47 Å². The average molecular weight is 410 g/mol. The number of carbonyl (C=O) groups is 1. The molecule has 0 saturated carbocycles. The van der Waals surface area contributed by atoms with E-state index in [1.54, 1.807) is 37.4 Å². The van der Waals surface area contributed by atoms with Gasteiger partial charge in [0.15, 0.2) is 6.61 Å². The molecule has 1 aliphatic rings. The Hall–Kier alpha value is -3.39. The number of carbonyl (C=O) groups excluding carboxylic acids is 1. The van der Waals surface area contributed by atoms with Gasteiger partial charge in [0.05, 0.1) is 18.8 Å². The number of nitrogens with zero attached hydrogens (tertiary/aromatic N) is 2. The van der Waals surface area contributed by atoms with Crippen LogP contribution in [0.4, 0.5) is 0 Å². The predicted octanol–water partition coefficient (Wildman–Crippen LogP) is 3.66. The first-order valence-electron chi connectivity index (χ1n) is 9.70. The lowest BCUT2D eigenvalue weighted by Gasteiger charge is -2.11. The van der Waals surface area contributed by atoms with E-state index in [2.05, 4.69) is 10.1 Å². The van der Waals surface area contributed by atoms with Crippen molar-refractivity contribution in [1.82, 2.24) is 10.1 Å². The van der Waals surface area contributed by atoms with Crippen LogP contribution in [0, 0.1) is 0 Å². The highest BCUT2D eigenvalue weighted by atomic mass is 16.6. The zero-order valence-corrected chi connectivity index (χ0v) is 16.6. The summed E-state index contributed by atoms with van der Waals surface area (Å²) >= 11 is 0. The lowest BCUT2D eigenvalue weighted by atomic mass is 10.2. The normalized spacial score (nSPS) is 15.7. The Morgan fingerprint density at radius 2 is 2.03 bits per heavy atom. The highest BCUT2D eigenvalue weighted by molar-refractivity contribution is 5.89. The van der Waals surface area contributed by atoms with Crippen LogP contribution in [0.3, 0.4) is 0 Å². The minimum absolute atomic E-state index is 0.118. The third-order valence-electron chi connectivity index (χ3n) is 4.67. The molecular weight excluding hydrogens is 388 g/mol. The molecule has 2 heterocycles. The first-order chi connectivity index (χ1) is 14.7. The molecule has 3 aromatic rings. The smallest absolute Gasteiger partial charge is 0.338 e. The van der Waals surface area contributed by atoms with Crippen molar-refractivity contribution in [1.29, 1.82) is 0 Å². The minimum atomic E-state index is -0.484. The second kappa shape index (κ2) is 9.41. The number of ether oxygens (including phenoxy) is 4. The molecular formula is C22H22N2O6. The molecule has 8 nitrogen and oxygen atoms in total. The molecule has 8 heteroatoms. The summed E-state index contributed by atoms with van der Waals surface area (Å²) in [5.74, 6) is 1.49. The van der Waals surface area contributed by atoms with Gasteiger partial charge in [0.25, 0.3) is 5.89 Å². The molecule has 156 valence electrons. The summed E-state index contributed by atoms with van der Waals surface area (Å²) in [4.78, 5) is 16.5. The SMILES string of the molecule is COc1cccc(-c2noc(COC(=O)c3ccc(OC[C@H]4CCCO4)cc3)n2)c1. The van der Waals surface area contributed by atoms with Gasteiger partial charge in [0.1, 0.15) is 18.1 Å². The first-order valence-corrected chi connectivity index (χ1v) is 9.70. The van der Waals surface area contributed by atoms with Crippen LogP contribution in [0.15, 0.2) is 53.1 Å². The van der Waals surface area contributed by atoms with Gasteiger partial charge in [-0.3, -0.25) is 0 Å². The van der Waals surface area contributed by atoms with Gasteiger partial charge in [-0.2, -0.15) is 4.98 Å². The summed E-state index contributed by atoms with van der Waals surface area (Å²) < 4.78 is 26.8. The maximum atomic E-state index is 12.3. The van der Waals surface area contributed by atoms with Gasteiger partial charge in [-0.25, -0.2) is 4.79 Å². The zero-order chi connectivity index (χ0) is 20.8. The standard InChI is InChI=1S/C22H22N2O6/c1-26-18-5-2-4-16(12-18)21-23-20(30-24-21)14-29-22(25)15-7-9-17(10-8-15)28-13-19-6-3-11-27-19/h2,4-5,7-10,12,19H,3,6,11,13-14H2,1H3/t19-/m1/s1. The molecule has 0 N–H and O–H groups in total. The van der Waals surface area contributed by atoms with Crippen LogP contribution in [-0.4, -0.2) is 42.5 Å². The lowest BCUT2D eigenvalue weighted by molar-refractivity contribution is 0.0429. The number of benzene rings is 2. The number of aromatic nitrogens is 2. The number of hydrogen-bond acceptors (Lipinski definition) is 8. The monoisotopic (exact) mass is 410 g/mol. The van der Waals surface area contributed by atoms with Gasteiger partial charge >= 0.3 is 5.97 Å². The largest absolute Gasteiger partial charge is 0.497 e. The summed E-state index contributed by atoms with van der Waals surface area (Å²) in [7, 11) is 1.59. The van der Waals surface area contributed by atoms with Crippen molar-refractivity contribution < 1.29 is 28.3 Å². The zero-order valence-electron chi connectivity index (χ0n) is 16.6. The topological polar surface area (TPSA) is 92.9 Å². The highest BCUT2D eigenvalue weighted by Crippen LogP contribution is 2.22. The Balaban J connectivity index is 1.29. The van der Waals surface area contributed by atoms with Crippen molar-refractivity contribution in [2.45, 2.75) is 25.6 Å². The second-order valence-electron chi connectivity index (χ2n) is 6.79. The number of rotatable bonds is 8. The Labute approximate surface area is 173 Å². The fraction of sp³-hybridized carbons (Fsp3) is 0.318. The lowest BCUT2D eigenvalue weighted by Crippen LogP contribution is -2.16. The summed E-state index contributed by atoms with van der Waals surface area (Å²) in [5, 5.41) is 3.92. The van der Waals surface area contributed by atoms with E-state index in [4.69, 9.17) is 23.5 Å². The number of hydrogen-bond donors (Lipinski definition) is 0. The van der Waals surface area contributed by atoms with Gasteiger partial charge in [0, 0.05) is 12.2 Å². The van der Waals surface area contributed by atoms with Gasteiger partial charge in [0.2, 0.25) is 5.82 Å². The number of esters is 1. The average Bonchev–Trinajstić information content (AvgIpc) is 3.49. The molecule has 0 unspecified atom stereocenters. The molecule has 1 aliphatic heterocycles.